The summed E-state index contributed by atoms with van der Waals surface area (Å²) in [6, 6.07) is 0. The lowest BCUT2D eigenvalue weighted by molar-refractivity contribution is -0.149. The van der Waals surface area contributed by atoms with Crippen molar-refractivity contribution in [3.05, 3.63) is 12.2 Å². The Labute approximate surface area is 101 Å². The molecule has 5 heteroatoms. The molecule has 1 unspecified atom stereocenters. The van der Waals surface area contributed by atoms with Gasteiger partial charge >= 0.3 is 5.97 Å². The maximum atomic E-state index is 11.7. The third kappa shape index (κ3) is 3.94. The minimum absolute atomic E-state index is 0.268. The van der Waals surface area contributed by atoms with E-state index in [-0.39, 0.29) is 12.4 Å². The van der Waals surface area contributed by atoms with E-state index in [1.807, 2.05) is 0 Å². The van der Waals surface area contributed by atoms with Crippen LogP contribution in [0.4, 0.5) is 0 Å². The summed E-state index contributed by atoms with van der Waals surface area (Å²) >= 11 is 0. The molecule has 1 aliphatic rings. The third-order valence-corrected chi connectivity index (χ3v) is 2.48. The summed E-state index contributed by atoms with van der Waals surface area (Å²) in [6.07, 6.45) is 2.84. The van der Waals surface area contributed by atoms with Gasteiger partial charge in [0, 0.05) is 0 Å². The van der Waals surface area contributed by atoms with Crippen LogP contribution in [-0.4, -0.2) is 37.4 Å². The van der Waals surface area contributed by atoms with Crippen molar-refractivity contribution in [2.75, 3.05) is 19.8 Å². The van der Waals surface area contributed by atoms with Gasteiger partial charge in [0.05, 0.1) is 19.8 Å². The number of hydrogen-bond acceptors (Lipinski definition) is 5. The molecule has 96 valence electrons. The van der Waals surface area contributed by atoms with E-state index in [1.54, 1.807) is 13.8 Å². The van der Waals surface area contributed by atoms with Gasteiger partial charge < -0.3 is 14.2 Å². The number of ether oxygens (including phenoxy) is 3. The summed E-state index contributed by atoms with van der Waals surface area (Å²) < 4.78 is 15.4. The lowest BCUT2D eigenvalue weighted by Crippen LogP contribution is -2.25. The number of carbonyl (C=O) groups is 2. The van der Waals surface area contributed by atoms with Gasteiger partial charge in [0.2, 0.25) is 0 Å². The maximum absolute atomic E-state index is 11.7. The first-order valence-electron chi connectivity index (χ1n) is 5.66. The highest BCUT2D eigenvalue weighted by atomic mass is 16.7. The topological polar surface area (TPSA) is 61.8 Å². The van der Waals surface area contributed by atoms with E-state index in [2.05, 4.69) is 0 Å². The Morgan fingerprint density at radius 3 is 2.53 bits per heavy atom. The van der Waals surface area contributed by atoms with Crippen molar-refractivity contribution < 1.29 is 23.8 Å². The first kappa shape index (κ1) is 13.9. The lowest BCUT2D eigenvalue weighted by Gasteiger charge is -2.17. The van der Waals surface area contributed by atoms with E-state index in [0.717, 1.165) is 0 Å². The third-order valence-electron chi connectivity index (χ3n) is 2.48. The molecular formula is C12H18O5. The van der Waals surface area contributed by atoms with Gasteiger partial charge in [0.15, 0.2) is 11.6 Å². The fraction of sp³-hybridized carbons (Fsp3) is 0.667. The second kappa shape index (κ2) is 5.93. The molecule has 1 atom stereocenters. The quantitative estimate of drug-likeness (QED) is 0.410. The molecule has 0 aromatic rings. The van der Waals surface area contributed by atoms with Crippen molar-refractivity contribution in [2.45, 2.75) is 26.6 Å². The first-order valence-corrected chi connectivity index (χ1v) is 5.66. The molecular weight excluding hydrogens is 224 g/mol. The summed E-state index contributed by atoms with van der Waals surface area (Å²) in [7, 11) is 0. The van der Waals surface area contributed by atoms with Gasteiger partial charge in [-0.25, -0.2) is 0 Å². The zero-order valence-electron chi connectivity index (χ0n) is 10.4. The second-order valence-corrected chi connectivity index (χ2v) is 3.92. The van der Waals surface area contributed by atoms with Crippen LogP contribution in [0.3, 0.4) is 0 Å². The molecule has 0 saturated carbocycles. The molecule has 0 radical (unpaired) electrons. The predicted molar refractivity (Wildman–Crippen MR) is 60.3 cm³/mol. The van der Waals surface area contributed by atoms with Gasteiger partial charge in [0.1, 0.15) is 5.92 Å². The van der Waals surface area contributed by atoms with Crippen LogP contribution in [0.1, 0.15) is 20.8 Å². The minimum atomic E-state index is -0.857. The molecule has 1 heterocycles. The Morgan fingerprint density at radius 1 is 1.41 bits per heavy atom. The normalized spacial score (nSPS) is 20.4. The van der Waals surface area contributed by atoms with Crippen LogP contribution in [0, 0.1) is 5.92 Å². The van der Waals surface area contributed by atoms with E-state index >= 15 is 0 Å². The van der Waals surface area contributed by atoms with Crippen LogP contribution < -0.4 is 0 Å². The summed E-state index contributed by atoms with van der Waals surface area (Å²) in [5, 5.41) is 0. The number of hydrogen-bond donors (Lipinski definition) is 0. The molecule has 0 aromatic carbocycles. The van der Waals surface area contributed by atoms with Gasteiger partial charge in [0.25, 0.3) is 0 Å². The van der Waals surface area contributed by atoms with Crippen molar-refractivity contribution in [1.29, 1.82) is 0 Å². The highest BCUT2D eigenvalue weighted by Crippen LogP contribution is 2.20. The van der Waals surface area contributed by atoms with Crippen molar-refractivity contribution in [2.24, 2.45) is 5.92 Å². The predicted octanol–water partition coefficient (Wildman–Crippen LogP) is 1.07. The number of allylic oxidation sites excluding steroid dienone is 1. The largest absolute Gasteiger partial charge is 0.465 e. The van der Waals surface area contributed by atoms with Crippen molar-refractivity contribution in [1.82, 2.24) is 0 Å². The Bertz CT molecular complexity index is 315. The van der Waals surface area contributed by atoms with E-state index in [1.165, 1.54) is 19.1 Å². The fourth-order valence-corrected chi connectivity index (χ4v) is 1.39. The molecule has 17 heavy (non-hydrogen) atoms. The Hall–Kier alpha value is -1.20. The van der Waals surface area contributed by atoms with Crippen LogP contribution in [0.15, 0.2) is 12.2 Å². The molecule has 1 fully saturated rings. The number of rotatable bonds is 5. The van der Waals surface area contributed by atoms with Crippen LogP contribution in [0.2, 0.25) is 0 Å². The highest BCUT2D eigenvalue weighted by molar-refractivity contribution is 6.04. The van der Waals surface area contributed by atoms with Crippen LogP contribution in [-0.2, 0) is 23.8 Å². The number of ketones is 1. The molecule has 5 nitrogen and oxygen atoms in total. The van der Waals surface area contributed by atoms with Gasteiger partial charge in [-0.05, 0) is 32.9 Å². The van der Waals surface area contributed by atoms with Crippen LogP contribution in [0.5, 0.6) is 0 Å². The van der Waals surface area contributed by atoms with E-state index in [4.69, 9.17) is 14.2 Å². The summed E-state index contributed by atoms with van der Waals surface area (Å²) in [5.74, 6) is -2.48. The average Bonchev–Trinajstić information content (AvgIpc) is 2.73. The SMILES string of the molecule is CCOC(=O)C(C)C(=O)/C=C/C1(C)OCCO1. The molecule has 1 aliphatic heterocycles. The number of esters is 1. The van der Waals surface area contributed by atoms with E-state index < -0.39 is 17.7 Å². The maximum Gasteiger partial charge on any atom is 0.316 e. The summed E-state index contributed by atoms with van der Waals surface area (Å²) in [4.78, 5) is 23.0. The van der Waals surface area contributed by atoms with Crippen LogP contribution >= 0.6 is 0 Å². The lowest BCUT2D eigenvalue weighted by atomic mass is 10.1. The zero-order chi connectivity index (χ0) is 12.9. The molecule has 0 bridgehead atoms. The second-order valence-electron chi connectivity index (χ2n) is 3.92. The van der Waals surface area contributed by atoms with Crippen molar-refractivity contribution >= 4 is 11.8 Å². The summed E-state index contributed by atoms with van der Waals surface area (Å²) in [5.41, 5.74) is 0. The fourth-order valence-electron chi connectivity index (χ4n) is 1.39. The Morgan fingerprint density at radius 2 is 2.00 bits per heavy atom. The smallest absolute Gasteiger partial charge is 0.316 e. The van der Waals surface area contributed by atoms with Gasteiger partial charge in [-0.15, -0.1) is 0 Å². The Balaban J connectivity index is 2.53. The molecule has 0 amide bonds. The monoisotopic (exact) mass is 242 g/mol. The highest BCUT2D eigenvalue weighted by Gasteiger charge is 2.29. The Kier molecular flexibility index (Phi) is 4.84. The van der Waals surface area contributed by atoms with Crippen molar-refractivity contribution in [3.63, 3.8) is 0 Å². The first-order chi connectivity index (χ1) is 7.98. The standard InChI is InChI=1S/C12H18O5/c1-4-15-11(14)9(2)10(13)5-6-12(3)16-7-8-17-12/h5-6,9H,4,7-8H2,1-3H3/b6-5+. The van der Waals surface area contributed by atoms with Gasteiger partial charge in [-0.1, -0.05) is 0 Å². The van der Waals surface area contributed by atoms with Gasteiger partial charge in [-0.2, -0.15) is 0 Å². The van der Waals surface area contributed by atoms with E-state index in [9.17, 15) is 9.59 Å². The van der Waals surface area contributed by atoms with Gasteiger partial charge in [-0.3, -0.25) is 9.59 Å². The average molecular weight is 242 g/mol. The molecule has 1 rings (SSSR count). The molecule has 0 aromatic heterocycles. The summed E-state index contributed by atoms with van der Waals surface area (Å²) in [6.45, 7) is 6.21. The minimum Gasteiger partial charge on any atom is -0.465 e. The molecule has 0 N–H and O–H groups in total. The zero-order valence-corrected chi connectivity index (χ0v) is 10.4. The number of carbonyl (C=O) groups excluding carboxylic acids is 2. The molecule has 0 aliphatic carbocycles. The van der Waals surface area contributed by atoms with Crippen LogP contribution in [0.25, 0.3) is 0 Å². The van der Waals surface area contributed by atoms with E-state index in [0.29, 0.717) is 13.2 Å². The molecule has 1 saturated heterocycles. The molecule has 0 spiro atoms. The van der Waals surface area contributed by atoms with Crippen molar-refractivity contribution in [3.8, 4) is 0 Å².